The van der Waals surface area contributed by atoms with Crippen LogP contribution in [0.2, 0.25) is 0 Å². The van der Waals surface area contributed by atoms with Gasteiger partial charge in [-0.1, -0.05) is 42.0 Å². The van der Waals surface area contributed by atoms with Gasteiger partial charge in [0.25, 0.3) is 5.91 Å². The highest BCUT2D eigenvalue weighted by Gasteiger charge is 2.18. The Morgan fingerprint density at radius 3 is 2.68 bits per heavy atom. The average Bonchev–Trinajstić information content (AvgIpc) is 3.08. The van der Waals surface area contributed by atoms with E-state index in [-0.39, 0.29) is 11.7 Å². The summed E-state index contributed by atoms with van der Waals surface area (Å²) >= 11 is 0. The van der Waals surface area contributed by atoms with Crippen molar-refractivity contribution in [2.24, 2.45) is 0 Å². The molecule has 0 aliphatic rings. The van der Waals surface area contributed by atoms with Crippen molar-refractivity contribution in [1.82, 2.24) is 20.1 Å². The lowest BCUT2D eigenvalue weighted by Crippen LogP contribution is -2.28. The monoisotopic (exact) mass is 336 g/mol. The van der Waals surface area contributed by atoms with E-state index in [2.05, 4.69) is 15.4 Å². The predicted octanol–water partition coefficient (Wildman–Crippen LogP) is 2.62. The number of aryl methyl sites for hydroxylation is 1. The van der Waals surface area contributed by atoms with Crippen LogP contribution in [0.5, 0.6) is 0 Å². The van der Waals surface area contributed by atoms with Crippen LogP contribution in [-0.4, -0.2) is 40.9 Å². The molecule has 0 unspecified atom stereocenters. The van der Waals surface area contributed by atoms with Gasteiger partial charge in [0, 0.05) is 19.2 Å². The molecule has 1 aromatic heterocycles. The van der Waals surface area contributed by atoms with Gasteiger partial charge in [-0.3, -0.25) is 4.79 Å². The van der Waals surface area contributed by atoms with Crippen LogP contribution in [-0.2, 0) is 4.74 Å². The number of ether oxygens (including phenoxy) is 1. The molecular weight excluding hydrogens is 316 g/mol. The molecule has 0 saturated carbocycles. The van der Waals surface area contributed by atoms with E-state index >= 15 is 0 Å². The second-order valence-electron chi connectivity index (χ2n) is 5.62. The third-order valence-corrected chi connectivity index (χ3v) is 3.68. The Bertz CT molecular complexity index is 859. The van der Waals surface area contributed by atoms with E-state index in [9.17, 15) is 4.79 Å². The molecule has 0 bridgehead atoms. The molecule has 0 aliphatic heterocycles. The second-order valence-corrected chi connectivity index (χ2v) is 5.62. The minimum Gasteiger partial charge on any atom is -0.383 e. The lowest BCUT2D eigenvalue weighted by atomic mass is 10.1. The minimum absolute atomic E-state index is 0.136. The van der Waals surface area contributed by atoms with Crippen molar-refractivity contribution in [2.45, 2.75) is 6.92 Å². The fourth-order valence-electron chi connectivity index (χ4n) is 2.47. The molecular formula is C19H20N4O2. The molecule has 0 aliphatic carbocycles. The smallest absolute Gasteiger partial charge is 0.291 e. The average molecular weight is 336 g/mol. The van der Waals surface area contributed by atoms with Crippen LogP contribution in [0.4, 0.5) is 0 Å². The molecule has 0 atom stereocenters. The molecule has 6 nitrogen and oxygen atoms in total. The maximum Gasteiger partial charge on any atom is 0.291 e. The Kier molecular flexibility index (Phi) is 5.20. The lowest BCUT2D eigenvalue weighted by Gasteiger charge is -2.06. The number of hydrogen-bond acceptors (Lipinski definition) is 4. The lowest BCUT2D eigenvalue weighted by molar-refractivity contribution is 0.0927. The van der Waals surface area contributed by atoms with Crippen LogP contribution in [0, 0.1) is 6.92 Å². The number of carbonyl (C=O) groups is 1. The molecule has 0 saturated heterocycles. The standard InChI is InChI=1S/C19H20N4O2/c1-14-7-6-8-15(13-14)18-21-17(19(24)20-11-12-25-2)22-23(18)16-9-4-3-5-10-16/h3-10,13H,11-12H2,1-2H3,(H,20,24). The Morgan fingerprint density at radius 1 is 1.16 bits per heavy atom. The fraction of sp³-hybridized carbons (Fsp3) is 0.211. The number of amides is 1. The summed E-state index contributed by atoms with van der Waals surface area (Å²) in [6, 6.07) is 17.6. The summed E-state index contributed by atoms with van der Waals surface area (Å²) in [5, 5.41) is 7.17. The van der Waals surface area contributed by atoms with Gasteiger partial charge >= 0.3 is 0 Å². The Balaban J connectivity index is 2.01. The minimum atomic E-state index is -0.319. The van der Waals surface area contributed by atoms with Crippen LogP contribution in [0.15, 0.2) is 54.6 Å². The van der Waals surface area contributed by atoms with Gasteiger partial charge in [0.1, 0.15) is 0 Å². The third-order valence-electron chi connectivity index (χ3n) is 3.68. The van der Waals surface area contributed by atoms with Crippen molar-refractivity contribution < 1.29 is 9.53 Å². The number of benzene rings is 2. The van der Waals surface area contributed by atoms with E-state index in [1.807, 2.05) is 61.5 Å². The van der Waals surface area contributed by atoms with Gasteiger partial charge in [-0.25, -0.2) is 9.67 Å². The van der Waals surface area contributed by atoms with Crippen molar-refractivity contribution in [1.29, 1.82) is 0 Å². The molecule has 0 radical (unpaired) electrons. The van der Waals surface area contributed by atoms with Crippen LogP contribution >= 0.6 is 0 Å². The Morgan fingerprint density at radius 2 is 1.96 bits per heavy atom. The molecule has 1 amide bonds. The Hall–Kier alpha value is -2.99. The number of nitrogens with zero attached hydrogens (tertiary/aromatic N) is 3. The first kappa shape index (κ1) is 16.9. The number of para-hydroxylation sites is 1. The van der Waals surface area contributed by atoms with Crippen LogP contribution in [0.1, 0.15) is 16.2 Å². The van der Waals surface area contributed by atoms with Gasteiger partial charge in [-0.15, -0.1) is 5.10 Å². The topological polar surface area (TPSA) is 69.0 Å². The van der Waals surface area contributed by atoms with E-state index in [4.69, 9.17) is 4.74 Å². The molecule has 2 aromatic carbocycles. The molecule has 128 valence electrons. The molecule has 6 heteroatoms. The summed E-state index contributed by atoms with van der Waals surface area (Å²) in [5.74, 6) is 0.448. The maximum absolute atomic E-state index is 12.3. The summed E-state index contributed by atoms with van der Waals surface area (Å²) in [6.07, 6.45) is 0. The summed E-state index contributed by atoms with van der Waals surface area (Å²) in [6.45, 7) is 2.87. The van der Waals surface area contributed by atoms with Gasteiger partial charge in [0.2, 0.25) is 5.82 Å². The zero-order valence-corrected chi connectivity index (χ0v) is 14.3. The zero-order valence-electron chi connectivity index (χ0n) is 14.3. The summed E-state index contributed by atoms with van der Waals surface area (Å²) in [4.78, 5) is 16.8. The first-order chi connectivity index (χ1) is 12.2. The first-order valence-corrected chi connectivity index (χ1v) is 8.05. The highest BCUT2D eigenvalue weighted by molar-refractivity contribution is 5.91. The quantitative estimate of drug-likeness (QED) is 0.703. The number of carbonyl (C=O) groups excluding carboxylic acids is 1. The van der Waals surface area contributed by atoms with E-state index in [1.165, 1.54) is 0 Å². The first-order valence-electron chi connectivity index (χ1n) is 8.05. The van der Waals surface area contributed by atoms with E-state index in [1.54, 1.807) is 11.8 Å². The fourth-order valence-corrected chi connectivity index (χ4v) is 2.47. The molecule has 0 fully saturated rings. The van der Waals surface area contributed by atoms with E-state index in [0.717, 1.165) is 16.8 Å². The second kappa shape index (κ2) is 7.72. The van der Waals surface area contributed by atoms with Crippen molar-refractivity contribution in [3.8, 4) is 17.1 Å². The molecule has 3 aromatic rings. The van der Waals surface area contributed by atoms with Gasteiger partial charge < -0.3 is 10.1 Å². The van der Waals surface area contributed by atoms with Crippen molar-refractivity contribution in [3.63, 3.8) is 0 Å². The van der Waals surface area contributed by atoms with Gasteiger partial charge in [0.05, 0.1) is 12.3 Å². The highest BCUT2D eigenvalue weighted by Crippen LogP contribution is 2.22. The van der Waals surface area contributed by atoms with Crippen LogP contribution in [0.3, 0.4) is 0 Å². The van der Waals surface area contributed by atoms with Crippen LogP contribution < -0.4 is 5.32 Å². The highest BCUT2D eigenvalue weighted by atomic mass is 16.5. The summed E-state index contributed by atoms with van der Waals surface area (Å²) in [5.41, 5.74) is 2.88. The molecule has 3 rings (SSSR count). The zero-order chi connectivity index (χ0) is 17.6. The summed E-state index contributed by atoms with van der Waals surface area (Å²) in [7, 11) is 1.59. The van der Waals surface area contributed by atoms with Gasteiger partial charge in [-0.2, -0.15) is 0 Å². The number of rotatable bonds is 6. The number of aromatic nitrogens is 3. The SMILES string of the molecule is COCCNC(=O)c1nc(-c2cccc(C)c2)n(-c2ccccc2)n1. The number of methoxy groups -OCH3 is 1. The van der Waals surface area contributed by atoms with E-state index < -0.39 is 0 Å². The number of hydrogen-bond donors (Lipinski definition) is 1. The van der Waals surface area contributed by atoms with Crippen molar-refractivity contribution >= 4 is 5.91 Å². The Labute approximate surface area is 146 Å². The molecule has 25 heavy (non-hydrogen) atoms. The van der Waals surface area contributed by atoms with Crippen molar-refractivity contribution in [3.05, 3.63) is 66.0 Å². The summed E-state index contributed by atoms with van der Waals surface area (Å²) < 4.78 is 6.64. The predicted molar refractivity (Wildman–Crippen MR) is 95.7 cm³/mol. The van der Waals surface area contributed by atoms with Crippen molar-refractivity contribution in [2.75, 3.05) is 20.3 Å². The van der Waals surface area contributed by atoms with Crippen LogP contribution in [0.25, 0.3) is 17.1 Å². The van der Waals surface area contributed by atoms with E-state index in [0.29, 0.717) is 19.0 Å². The maximum atomic E-state index is 12.3. The normalized spacial score (nSPS) is 10.6. The largest absolute Gasteiger partial charge is 0.383 e. The molecule has 0 spiro atoms. The molecule has 1 heterocycles. The number of nitrogens with one attached hydrogen (secondary N) is 1. The molecule has 1 N–H and O–H groups in total. The van der Waals surface area contributed by atoms with Gasteiger partial charge in [0.15, 0.2) is 5.82 Å². The van der Waals surface area contributed by atoms with Gasteiger partial charge in [-0.05, 0) is 25.1 Å². The third kappa shape index (κ3) is 3.92.